The molecule has 41 heavy (non-hydrogen) atoms. The smallest absolute Gasteiger partial charge is 0.154 e. The molecule has 3 N–H and O–H groups in total. The fourth-order valence-corrected chi connectivity index (χ4v) is 5.83. The van der Waals surface area contributed by atoms with Crippen LogP contribution in [0.15, 0.2) is 135 Å². The van der Waals surface area contributed by atoms with Crippen LogP contribution in [0.1, 0.15) is 11.1 Å². The van der Waals surface area contributed by atoms with E-state index in [1.165, 1.54) is 0 Å². The lowest BCUT2D eigenvalue weighted by atomic mass is 9.95. The molecule has 5 nitrogen and oxygen atoms in total. The second-order valence-corrected chi connectivity index (χ2v) is 10.1. The molecule has 2 aromatic heterocycles. The lowest BCUT2D eigenvalue weighted by Gasteiger charge is -2.09. The van der Waals surface area contributed by atoms with Crippen LogP contribution in [0.25, 0.3) is 65.8 Å². The van der Waals surface area contributed by atoms with Gasteiger partial charge >= 0.3 is 0 Å². The molecule has 5 heteroatoms. The highest BCUT2D eigenvalue weighted by atomic mass is 16.3. The van der Waals surface area contributed by atoms with E-state index in [4.69, 9.17) is 20.0 Å². The van der Waals surface area contributed by atoms with E-state index in [9.17, 15) is 0 Å². The standard InChI is InChI=1S/C36H23N3O2/c37-35(23-17-16-21-8-1-2-9-22(21)20-23)39-36(38)28-19-18-25(34-33(28)27-11-4-6-14-30(27)41-34)24-12-7-15-31-32(24)26-10-3-5-13-29(26)40-31/h1-20H,(H3,37,38,39). The number of nitrogens with two attached hydrogens (primary N) is 1. The molecule has 0 saturated heterocycles. The fourth-order valence-electron chi connectivity index (χ4n) is 5.83. The van der Waals surface area contributed by atoms with E-state index < -0.39 is 0 Å². The number of furan rings is 2. The summed E-state index contributed by atoms with van der Waals surface area (Å²) in [7, 11) is 0. The maximum absolute atomic E-state index is 8.74. The highest BCUT2D eigenvalue weighted by Gasteiger charge is 2.21. The molecule has 2 heterocycles. The maximum Gasteiger partial charge on any atom is 0.154 e. The van der Waals surface area contributed by atoms with Crippen molar-refractivity contribution in [2.75, 3.05) is 0 Å². The summed E-state index contributed by atoms with van der Waals surface area (Å²) < 4.78 is 12.7. The number of nitrogens with one attached hydrogen (secondary N) is 1. The molecule has 6 aromatic carbocycles. The van der Waals surface area contributed by atoms with Gasteiger partial charge in [-0.25, -0.2) is 4.99 Å². The van der Waals surface area contributed by atoms with Crippen LogP contribution in [0.4, 0.5) is 0 Å². The molecule has 0 spiro atoms. The quantitative estimate of drug-likeness (QED) is 0.177. The van der Waals surface area contributed by atoms with Gasteiger partial charge in [0, 0.05) is 38.2 Å². The van der Waals surface area contributed by atoms with Crippen molar-refractivity contribution >= 4 is 66.3 Å². The molecule has 0 amide bonds. The van der Waals surface area contributed by atoms with Gasteiger partial charge in [0.1, 0.15) is 28.2 Å². The summed E-state index contributed by atoms with van der Waals surface area (Å²) in [6.07, 6.45) is 0. The molecule has 0 aliphatic heterocycles. The van der Waals surface area contributed by atoms with Gasteiger partial charge in [-0.05, 0) is 52.7 Å². The second-order valence-electron chi connectivity index (χ2n) is 10.1. The highest BCUT2D eigenvalue weighted by molar-refractivity contribution is 6.24. The molecule has 0 fully saturated rings. The number of fused-ring (bicyclic) bond motifs is 7. The number of amidine groups is 2. The van der Waals surface area contributed by atoms with Crippen LogP contribution >= 0.6 is 0 Å². The first kappa shape index (κ1) is 23.2. The van der Waals surface area contributed by atoms with Crippen molar-refractivity contribution < 1.29 is 8.83 Å². The van der Waals surface area contributed by atoms with Crippen LogP contribution in [0.3, 0.4) is 0 Å². The van der Waals surface area contributed by atoms with Crippen LogP contribution in [0.2, 0.25) is 0 Å². The van der Waals surface area contributed by atoms with E-state index in [0.717, 1.165) is 71.3 Å². The Labute approximate surface area is 234 Å². The van der Waals surface area contributed by atoms with Gasteiger partial charge in [0.25, 0.3) is 0 Å². The molecular weight excluding hydrogens is 506 g/mol. The van der Waals surface area contributed by atoms with Crippen molar-refractivity contribution in [3.63, 3.8) is 0 Å². The van der Waals surface area contributed by atoms with Crippen molar-refractivity contribution in [3.05, 3.63) is 132 Å². The predicted octanol–water partition coefficient (Wildman–Crippen LogP) is 9.04. The summed E-state index contributed by atoms with van der Waals surface area (Å²) in [6.45, 7) is 0. The molecule has 0 aliphatic rings. The lowest BCUT2D eigenvalue weighted by molar-refractivity contribution is 0.668. The highest BCUT2D eigenvalue weighted by Crippen LogP contribution is 2.42. The first-order valence-electron chi connectivity index (χ1n) is 13.4. The Hall–Kier alpha value is -5.68. The number of benzene rings is 6. The number of hydrogen-bond acceptors (Lipinski definition) is 3. The monoisotopic (exact) mass is 529 g/mol. The van der Waals surface area contributed by atoms with E-state index in [1.807, 2.05) is 103 Å². The summed E-state index contributed by atoms with van der Waals surface area (Å²) in [6, 6.07) is 40.1. The van der Waals surface area contributed by atoms with E-state index in [2.05, 4.69) is 23.2 Å². The molecule has 0 aliphatic carbocycles. The third-order valence-electron chi connectivity index (χ3n) is 7.75. The average Bonchev–Trinajstić information content (AvgIpc) is 3.59. The summed E-state index contributed by atoms with van der Waals surface area (Å²) in [5.74, 6) is 0.367. The second kappa shape index (κ2) is 8.93. The number of para-hydroxylation sites is 2. The van der Waals surface area contributed by atoms with Gasteiger partial charge in [0.15, 0.2) is 5.84 Å². The third kappa shape index (κ3) is 3.63. The zero-order chi connectivity index (χ0) is 27.5. The van der Waals surface area contributed by atoms with Crippen molar-refractivity contribution in [1.29, 1.82) is 5.41 Å². The Kier molecular flexibility index (Phi) is 5.06. The summed E-state index contributed by atoms with van der Waals surface area (Å²) in [5, 5.41) is 14.8. The van der Waals surface area contributed by atoms with Crippen molar-refractivity contribution in [1.82, 2.24) is 0 Å². The number of hydrogen-bond donors (Lipinski definition) is 2. The molecule has 0 saturated carbocycles. The SMILES string of the molecule is N=C(/N=C(\N)c1ccc(-c2cccc3oc4ccccc4c23)c2oc3ccccc3c12)c1ccc2ccccc2c1. The molecule has 8 aromatic rings. The van der Waals surface area contributed by atoms with Crippen LogP contribution in [0.5, 0.6) is 0 Å². The van der Waals surface area contributed by atoms with Gasteiger partial charge < -0.3 is 14.6 Å². The fraction of sp³-hybridized carbons (Fsp3) is 0. The normalized spacial score (nSPS) is 12.2. The zero-order valence-corrected chi connectivity index (χ0v) is 21.9. The summed E-state index contributed by atoms with van der Waals surface area (Å²) in [5.41, 5.74) is 13.2. The zero-order valence-electron chi connectivity index (χ0n) is 21.9. The van der Waals surface area contributed by atoms with E-state index in [-0.39, 0.29) is 11.7 Å². The van der Waals surface area contributed by atoms with Gasteiger partial charge in [-0.15, -0.1) is 0 Å². The largest absolute Gasteiger partial charge is 0.456 e. The molecule has 0 bridgehead atoms. The predicted molar refractivity (Wildman–Crippen MR) is 168 cm³/mol. The molecule has 0 atom stereocenters. The van der Waals surface area contributed by atoms with Gasteiger partial charge in [0.2, 0.25) is 0 Å². The van der Waals surface area contributed by atoms with Crippen LogP contribution in [-0.4, -0.2) is 11.7 Å². The Morgan fingerprint density at radius 2 is 1.27 bits per heavy atom. The molecule has 0 radical (unpaired) electrons. The number of nitrogens with zero attached hydrogens (tertiary/aromatic N) is 1. The van der Waals surface area contributed by atoms with Crippen LogP contribution in [0, 0.1) is 5.41 Å². The minimum atomic E-state index is 0.105. The van der Waals surface area contributed by atoms with Crippen molar-refractivity contribution in [2.45, 2.75) is 0 Å². The van der Waals surface area contributed by atoms with Gasteiger partial charge in [-0.3, -0.25) is 5.41 Å². The minimum absolute atomic E-state index is 0.105. The summed E-state index contributed by atoms with van der Waals surface area (Å²) >= 11 is 0. The lowest BCUT2D eigenvalue weighted by Crippen LogP contribution is -2.16. The first-order chi connectivity index (χ1) is 20.2. The van der Waals surface area contributed by atoms with Gasteiger partial charge in [0.05, 0.1) is 0 Å². The summed E-state index contributed by atoms with van der Waals surface area (Å²) in [4.78, 5) is 4.57. The van der Waals surface area contributed by atoms with Crippen LogP contribution in [-0.2, 0) is 0 Å². The van der Waals surface area contributed by atoms with Gasteiger partial charge in [-0.2, -0.15) is 0 Å². The maximum atomic E-state index is 8.74. The molecule has 0 unspecified atom stereocenters. The van der Waals surface area contributed by atoms with Gasteiger partial charge in [-0.1, -0.05) is 84.9 Å². The molecule has 8 rings (SSSR count). The first-order valence-corrected chi connectivity index (χ1v) is 13.4. The topological polar surface area (TPSA) is 88.5 Å². The third-order valence-corrected chi connectivity index (χ3v) is 7.75. The van der Waals surface area contributed by atoms with E-state index in [0.29, 0.717) is 5.56 Å². The number of aliphatic imine (C=N–C) groups is 1. The van der Waals surface area contributed by atoms with E-state index in [1.54, 1.807) is 0 Å². The van der Waals surface area contributed by atoms with Crippen molar-refractivity contribution in [2.24, 2.45) is 10.7 Å². The molecular formula is C36H23N3O2. The Morgan fingerprint density at radius 3 is 2.10 bits per heavy atom. The van der Waals surface area contributed by atoms with E-state index >= 15 is 0 Å². The minimum Gasteiger partial charge on any atom is -0.456 e. The average molecular weight is 530 g/mol. The molecule has 194 valence electrons. The Bertz CT molecular complexity index is 2360. The Balaban J connectivity index is 1.33. The Morgan fingerprint density at radius 1 is 0.585 bits per heavy atom. The van der Waals surface area contributed by atoms with Crippen LogP contribution < -0.4 is 5.73 Å². The number of rotatable bonds is 3. The van der Waals surface area contributed by atoms with Crippen molar-refractivity contribution in [3.8, 4) is 11.1 Å².